The van der Waals surface area contributed by atoms with E-state index in [2.05, 4.69) is 20.3 Å². The molecule has 2 aromatic rings. The number of rotatable bonds is 2. The van der Waals surface area contributed by atoms with E-state index in [1.807, 2.05) is 36.4 Å². The van der Waals surface area contributed by atoms with Crippen molar-refractivity contribution in [2.75, 3.05) is 0 Å². The van der Waals surface area contributed by atoms with Gasteiger partial charge >= 0.3 is 10.3 Å². The van der Waals surface area contributed by atoms with E-state index >= 15 is 0 Å². The van der Waals surface area contributed by atoms with Crippen LogP contribution in [0.1, 0.15) is 11.1 Å². The smallest absolute Gasteiger partial charge is 0.365 e. The van der Waals surface area contributed by atoms with Crippen molar-refractivity contribution in [1.82, 2.24) is 0 Å². The van der Waals surface area contributed by atoms with Gasteiger partial charge in [-0.15, -0.1) is 4.40 Å². The molecular weight excluding hydrogens is 354 g/mol. The Morgan fingerprint density at radius 3 is 2.48 bits per heavy atom. The van der Waals surface area contributed by atoms with Gasteiger partial charge in [0, 0.05) is 10.0 Å². The van der Waals surface area contributed by atoms with Crippen molar-refractivity contribution >= 4 is 38.0 Å². The summed E-state index contributed by atoms with van der Waals surface area (Å²) < 4.78 is 32.8. The second-order valence-electron chi connectivity index (χ2n) is 4.37. The number of hydrogen-bond donors (Lipinski definition) is 0. The molecule has 0 unspecified atom stereocenters. The molecule has 0 bridgehead atoms. The Kier molecular flexibility index (Phi) is 3.65. The zero-order valence-electron chi connectivity index (χ0n) is 10.7. The van der Waals surface area contributed by atoms with Crippen molar-refractivity contribution in [3.8, 4) is 5.75 Å². The number of allylic oxidation sites excluding steroid dienone is 1. The molecule has 21 heavy (non-hydrogen) atoms. The van der Waals surface area contributed by atoms with E-state index in [-0.39, 0.29) is 0 Å². The quantitative estimate of drug-likeness (QED) is 0.818. The Labute approximate surface area is 131 Å². The van der Waals surface area contributed by atoms with Gasteiger partial charge in [-0.25, -0.2) is 0 Å². The highest BCUT2D eigenvalue weighted by molar-refractivity contribution is 9.10. The Balaban J connectivity index is 2.00. The Morgan fingerprint density at radius 1 is 1.00 bits per heavy atom. The summed E-state index contributed by atoms with van der Waals surface area (Å²) >= 11 is 3.37. The molecule has 0 saturated carbocycles. The first-order valence-corrected chi connectivity index (χ1v) is 8.27. The number of nitrogens with zero attached hydrogens (tertiary/aromatic N) is 1. The molecule has 0 atom stereocenters. The lowest BCUT2D eigenvalue weighted by Crippen LogP contribution is -2.17. The maximum Gasteiger partial charge on any atom is 0.429 e. The maximum absolute atomic E-state index is 11.6. The highest BCUT2D eigenvalue weighted by Crippen LogP contribution is 2.26. The molecule has 6 heteroatoms. The normalized spacial score (nSPS) is 16.1. The van der Waals surface area contributed by atoms with Gasteiger partial charge in [0.2, 0.25) is 0 Å². The molecule has 0 amide bonds. The molecule has 4 nitrogen and oxygen atoms in total. The summed E-state index contributed by atoms with van der Waals surface area (Å²) in [6, 6.07) is 14.6. The minimum atomic E-state index is -3.93. The first-order chi connectivity index (χ1) is 10.0. The van der Waals surface area contributed by atoms with Crippen LogP contribution >= 0.6 is 15.9 Å². The predicted molar refractivity (Wildman–Crippen MR) is 85.7 cm³/mol. The van der Waals surface area contributed by atoms with Crippen molar-refractivity contribution in [3.05, 3.63) is 70.2 Å². The second kappa shape index (κ2) is 5.46. The molecule has 0 fully saturated rings. The molecule has 0 aromatic heterocycles. The van der Waals surface area contributed by atoms with Crippen LogP contribution in [0.2, 0.25) is 0 Å². The Hall–Kier alpha value is -1.92. The standard InChI is InChI=1S/C15H10BrNO3S/c16-12-8-5-11(6-9-12)7-10-14-13-3-1-2-4-15(13)20-21(18,19)17-14/h1-10H/b10-7+. The van der Waals surface area contributed by atoms with E-state index < -0.39 is 10.3 Å². The molecule has 2 aromatic carbocycles. The fraction of sp³-hybridized carbons (Fsp3) is 0. The van der Waals surface area contributed by atoms with Gasteiger partial charge in [-0.05, 0) is 35.9 Å². The Bertz CT molecular complexity index is 839. The first-order valence-electron chi connectivity index (χ1n) is 6.11. The van der Waals surface area contributed by atoms with Crippen molar-refractivity contribution in [3.63, 3.8) is 0 Å². The number of hydrogen-bond acceptors (Lipinski definition) is 3. The molecule has 1 heterocycles. The number of fused-ring (bicyclic) bond motifs is 1. The maximum atomic E-state index is 11.6. The molecule has 0 saturated heterocycles. The first kappa shape index (κ1) is 14.0. The third-order valence-electron chi connectivity index (χ3n) is 2.87. The molecule has 0 N–H and O–H groups in total. The van der Waals surface area contributed by atoms with E-state index in [0.29, 0.717) is 17.0 Å². The molecule has 1 aliphatic rings. The van der Waals surface area contributed by atoms with E-state index in [1.165, 1.54) is 0 Å². The molecule has 0 spiro atoms. The topological polar surface area (TPSA) is 55.7 Å². The van der Waals surface area contributed by atoms with Gasteiger partial charge in [0.05, 0.1) is 5.71 Å². The molecular formula is C15H10BrNO3S. The van der Waals surface area contributed by atoms with Crippen LogP contribution in [0.15, 0.2) is 63.5 Å². The summed E-state index contributed by atoms with van der Waals surface area (Å²) in [7, 11) is -3.93. The van der Waals surface area contributed by atoms with E-state index in [0.717, 1.165) is 10.0 Å². The third kappa shape index (κ3) is 3.22. The lowest BCUT2D eigenvalue weighted by Gasteiger charge is -2.14. The fourth-order valence-corrected chi connectivity index (χ4v) is 3.00. The monoisotopic (exact) mass is 363 g/mol. The third-order valence-corrected chi connectivity index (χ3v) is 4.21. The lowest BCUT2D eigenvalue weighted by atomic mass is 10.1. The lowest BCUT2D eigenvalue weighted by molar-refractivity contribution is 0.485. The molecule has 0 aliphatic carbocycles. The van der Waals surface area contributed by atoms with Crippen molar-refractivity contribution in [2.24, 2.45) is 4.40 Å². The van der Waals surface area contributed by atoms with Crippen LogP contribution in [0.4, 0.5) is 0 Å². The summed E-state index contributed by atoms with van der Waals surface area (Å²) in [5.74, 6) is 0.294. The summed E-state index contributed by atoms with van der Waals surface area (Å²) in [6.45, 7) is 0. The zero-order valence-corrected chi connectivity index (χ0v) is 13.1. The SMILES string of the molecule is O=S1(=O)N=C(/C=C/c2ccc(Br)cc2)c2ccccc2O1. The average Bonchev–Trinajstić information content (AvgIpc) is 2.45. The Morgan fingerprint density at radius 2 is 1.71 bits per heavy atom. The van der Waals surface area contributed by atoms with Gasteiger partial charge in [-0.3, -0.25) is 0 Å². The summed E-state index contributed by atoms with van der Waals surface area (Å²) in [4.78, 5) is 0. The van der Waals surface area contributed by atoms with Gasteiger partial charge in [0.15, 0.2) is 5.75 Å². The van der Waals surface area contributed by atoms with Crippen LogP contribution in [0.25, 0.3) is 6.08 Å². The van der Waals surface area contributed by atoms with Crippen LogP contribution in [0.3, 0.4) is 0 Å². The van der Waals surface area contributed by atoms with E-state index in [4.69, 9.17) is 4.18 Å². The van der Waals surface area contributed by atoms with E-state index in [1.54, 1.807) is 24.3 Å². The minimum absolute atomic E-state index is 0.294. The zero-order chi connectivity index (χ0) is 14.9. The fourth-order valence-electron chi connectivity index (χ4n) is 1.92. The predicted octanol–water partition coefficient (Wildman–Crippen LogP) is 3.59. The van der Waals surface area contributed by atoms with Crippen LogP contribution in [0.5, 0.6) is 5.75 Å². The van der Waals surface area contributed by atoms with Gasteiger partial charge in [0.1, 0.15) is 0 Å². The van der Waals surface area contributed by atoms with Crippen LogP contribution in [0, 0.1) is 0 Å². The van der Waals surface area contributed by atoms with Gasteiger partial charge in [-0.1, -0.05) is 46.3 Å². The number of para-hydroxylation sites is 1. The molecule has 1 aliphatic heterocycles. The van der Waals surface area contributed by atoms with Crippen LogP contribution < -0.4 is 4.18 Å². The number of halogens is 1. The van der Waals surface area contributed by atoms with Crippen LogP contribution in [-0.2, 0) is 10.3 Å². The highest BCUT2D eigenvalue weighted by atomic mass is 79.9. The number of benzene rings is 2. The van der Waals surface area contributed by atoms with Crippen molar-refractivity contribution < 1.29 is 12.6 Å². The second-order valence-corrected chi connectivity index (χ2v) is 6.49. The van der Waals surface area contributed by atoms with Crippen LogP contribution in [-0.4, -0.2) is 14.1 Å². The van der Waals surface area contributed by atoms with Gasteiger partial charge in [-0.2, -0.15) is 8.42 Å². The molecule has 106 valence electrons. The van der Waals surface area contributed by atoms with Crippen molar-refractivity contribution in [1.29, 1.82) is 0 Å². The largest absolute Gasteiger partial charge is 0.429 e. The minimum Gasteiger partial charge on any atom is -0.365 e. The molecule has 0 radical (unpaired) electrons. The summed E-state index contributed by atoms with van der Waals surface area (Å²) in [5.41, 5.74) is 1.96. The molecule has 3 rings (SSSR count). The van der Waals surface area contributed by atoms with Gasteiger partial charge in [0.25, 0.3) is 0 Å². The highest BCUT2D eigenvalue weighted by Gasteiger charge is 2.22. The summed E-state index contributed by atoms with van der Waals surface area (Å²) in [6.07, 6.45) is 3.48. The van der Waals surface area contributed by atoms with Gasteiger partial charge < -0.3 is 4.18 Å². The summed E-state index contributed by atoms with van der Waals surface area (Å²) in [5, 5.41) is 0. The van der Waals surface area contributed by atoms with E-state index in [9.17, 15) is 8.42 Å². The van der Waals surface area contributed by atoms with Crippen molar-refractivity contribution in [2.45, 2.75) is 0 Å². The average molecular weight is 364 g/mol.